The normalized spacial score (nSPS) is 10.2. The molecular formula is C16H17BrN2O2. The fourth-order valence-corrected chi connectivity index (χ4v) is 2.48. The van der Waals surface area contributed by atoms with Gasteiger partial charge in [0.05, 0.1) is 7.11 Å². The second-order valence-electron chi connectivity index (χ2n) is 4.65. The van der Waals surface area contributed by atoms with Crippen LogP contribution >= 0.6 is 15.9 Å². The van der Waals surface area contributed by atoms with Crippen LogP contribution in [0.15, 0.2) is 40.9 Å². The van der Waals surface area contributed by atoms with Crippen molar-refractivity contribution in [1.29, 1.82) is 0 Å². The maximum Gasteiger partial charge on any atom is 0.249 e. The molecule has 3 N–H and O–H groups in total. The Morgan fingerprint density at radius 1 is 1.33 bits per heavy atom. The van der Waals surface area contributed by atoms with Crippen molar-refractivity contribution >= 4 is 27.5 Å². The topological polar surface area (TPSA) is 64.3 Å². The monoisotopic (exact) mass is 348 g/mol. The number of hydrogen-bond acceptors (Lipinski definition) is 3. The lowest BCUT2D eigenvalue weighted by Gasteiger charge is -2.13. The van der Waals surface area contributed by atoms with Crippen LogP contribution in [0.4, 0.5) is 5.69 Å². The summed E-state index contributed by atoms with van der Waals surface area (Å²) in [6.07, 6.45) is 0. The maximum atomic E-state index is 11.4. The number of hydrogen-bond donors (Lipinski definition) is 2. The van der Waals surface area contributed by atoms with E-state index in [1.165, 1.54) is 0 Å². The summed E-state index contributed by atoms with van der Waals surface area (Å²) in [6, 6.07) is 11.3. The molecule has 5 heteroatoms. The molecule has 0 fully saturated rings. The molecule has 0 aromatic heterocycles. The first-order valence-corrected chi connectivity index (χ1v) is 7.28. The van der Waals surface area contributed by atoms with Gasteiger partial charge >= 0.3 is 0 Å². The highest BCUT2D eigenvalue weighted by molar-refractivity contribution is 9.10. The van der Waals surface area contributed by atoms with Gasteiger partial charge in [-0.25, -0.2) is 0 Å². The van der Waals surface area contributed by atoms with Gasteiger partial charge in [-0.1, -0.05) is 22.0 Å². The minimum Gasteiger partial charge on any atom is -0.497 e. The van der Waals surface area contributed by atoms with Crippen molar-refractivity contribution in [2.45, 2.75) is 13.5 Å². The van der Waals surface area contributed by atoms with Crippen LogP contribution in [0.1, 0.15) is 21.5 Å². The van der Waals surface area contributed by atoms with Gasteiger partial charge in [-0.05, 0) is 48.4 Å². The number of anilines is 1. The average molecular weight is 349 g/mol. The molecule has 2 rings (SSSR count). The summed E-state index contributed by atoms with van der Waals surface area (Å²) in [5.41, 5.74) is 8.70. The van der Waals surface area contributed by atoms with Gasteiger partial charge in [-0.15, -0.1) is 0 Å². The first-order valence-electron chi connectivity index (χ1n) is 6.48. The van der Waals surface area contributed by atoms with Crippen molar-refractivity contribution in [3.8, 4) is 5.75 Å². The highest BCUT2D eigenvalue weighted by Gasteiger charge is 2.09. The van der Waals surface area contributed by atoms with Gasteiger partial charge in [0.1, 0.15) is 5.75 Å². The highest BCUT2D eigenvalue weighted by Crippen LogP contribution is 2.25. The Hall–Kier alpha value is -2.01. The van der Waals surface area contributed by atoms with E-state index in [2.05, 4.69) is 21.2 Å². The zero-order valence-electron chi connectivity index (χ0n) is 11.9. The lowest BCUT2D eigenvalue weighted by Crippen LogP contribution is -2.14. The van der Waals surface area contributed by atoms with E-state index in [4.69, 9.17) is 10.5 Å². The molecule has 0 saturated carbocycles. The summed E-state index contributed by atoms with van der Waals surface area (Å²) >= 11 is 3.52. The molecule has 0 radical (unpaired) electrons. The molecule has 0 atom stereocenters. The number of nitrogens with two attached hydrogens (primary N) is 1. The molecule has 0 aliphatic carbocycles. The molecule has 1 amide bonds. The number of carbonyl (C=O) groups is 1. The summed E-state index contributed by atoms with van der Waals surface area (Å²) < 4.78 is 6.23. The highest BCUT2D eigenvalue weighted by atomic mass is 79.9. The molecule has 0 spiro atoms. The number of primary amides is 1. The summed E-state index contributed by atoms with van der Waals surface area (Å²) in [5, 5.41) is 3.32. The van der Waals surface area contributed by atoms with Crippen molar-refractivity contribution in [2.24, 2.45) is 5.73 Å². The first kappa shape index (κ1) is 15.4. The average Bonchev–Trinajstić information content (AvgIpc) is 2.47. The summed E-state index contributed by atoms with van der Waals surface area (Å²) in [7, 11) is 1.64. The smallest absolute Gasteiger partial charge is 0.249 e. The lowest BCUT2D eigenvalue weighted by molar-refractivity contribution is 0.1000. The Morgan fingerprint density at radius 3 is 2.76 bits per heavy atom. The third kappa shape index (κ3) is 3.55. The number of methoxy groups -OCH3 is 1. The van der Waals surface area contributed by atoms with Gasteiger partial charge in [0.2, 0.25) is 5.91 Å². The summed E-state index contributed by atoms with van der Waals surface area (Å²) in [6.45, 7) is 2.49. The molecule has 0 unspecified atom stereocenters. The third-order valence-corrected chi connectivity index (χ3v) is 4.10. The van der Waals surface area contributed by atoms with Crippen LogP contribution in [0, 0.1) is 6.92 Å². The van der Waals surface area contributed by atoms with Gasteiger partial charge in [0, 0.05) is 22.3 Å². The van der Waals surface area contributed by atoms with Crippen LogP contribution in [0.25, 0.3) is 0 Å². The number of carbonyl (C=O) groups excluding carboxylic acids is 1. The van der Waals surface area contributed by atoms with E-state index >= 15 is 0 Å². The van der Waals surface area contributed by atoms with Crippen molar-refractivity contribution in [3.05, 3.63) is 57.6 Å². The van der Waals surface area contributed by atoms with Gasteiger partial charge in [-0.3, -0.25) is 4.79 Å². The molecule has 0 aliphatic heterocycles. The fraction of sp³-hybridized carbons (Fsp3) is 0.188. The minimum absolute atomic E-state index is 0.418. The van der Waals surface area contributed by atoms with Gasteiger partial charge in [0.15, 0.2) is 0 Å². The predicted octanol–water partition coefficient (Wildman–Crippen LogP) is 3.48. The Labute approximate surface area is 132 Å². The number of nitrogens with one attached hydrogen (secondary N) is 1. The zero-order valence-corrected chi connectivity index (χ0v) is 13.5. The second kappa shape index (κ2) is 6.63. The number of ether oxygens (including phenoxy) is 1. The number of benzene rings is 2. The van der Waals surface area contributed by atoms with E-state index in [-0.39, 0.29) is 0 Å². The van der Waals surface area contributed by atoms with Crippen molar-refractivity contribution in [3.63, 3.8) is 0 Å². The van der Waals surface area contributed by atoms with Gasteiger partial charge in [0.25, 0.3) is 0 Å². The maximum absolute atomic E-state index is 11.4. The van der Waals surface area contributed by atoms with E-state index in [1.807, 2.05) is 37.3 Å². The van der Waals surface area contributed by atoms with Gasteiger partial charge in [-0.2, -0.15) is 0 Å². The minimum atomic E-state index is -0.418. The molecule has 4 nitrogen and oxygen atoms in total. The summed E-state index contributed by atoms with van der Waals surface area (Å²) in [5.74, 6) is 0.385. The molecular weight excluding hydrogens is 332 g/mol. The Balaban J connectivity index is 2.21. The van der Waals surface area contributed by atoms with E-state index in [9.17, 15) is 4.79 Å². The second-order valence-corrected chi connectivity index (χ2v) is 5.51. The van der Waals surface area contributed by atoms with Crippen LogP contribution < -0.4 is 15.8 Å². The standard InChI is InChI=1S/C16H17BrN2O2/c1-10-13(16(18)20)4-3-5-15(10)19-9-11-8-12(21-2)6-7-14(11)17/h3-8,19H,9H2,1-2H3,(H2,18,20). The van der Waals surface area contributed by atoms with Crippen molar-refractivity contribution in [2.75, 3.05) is 12.4 Å². The largest absolute Gasteiger partial charge is 0.497 e. The van der Waals surface area contributed by atoms with E-state index < -0.39 is 5.91 Å². The Bertz CT molecular complexity index is 671. The zero-order chi connectivity index (χ0) is 15.4. The Morgan fingerprint density at radius 2 is 2.10 bits per heavy atom. The van der Waals surface area contributed by atoms with Gasteiger partial charge < -0.3 is 15.8 Å². The SMILES string of the molecule is COc1ccc(Br)c(CNc2cccc(C(N)=O)c2C)c1. The van der Waals surface area contributed by atoms with E-state index in [0.29, 0.717) is 12.1 Å². The number of amides is 1. The molecule has 0 saturated heterocycles. The van der Waals surface area contributed by atoms with Crippen molar-refractivity contribution < 1.29 is 9.53 Å². The molecule has 21 heavy (non-hydrogen) atoms. The number of rotatable bonds is 5. The first-order chi connectivity index (χ1) is 10.0. The predicted molar refractivity (Wildman–Crippen MR) is 87.7 cm³/mol. The molecule has 110 valence electrons. The van der Waals surface area contributed by atoms with Crippen LogP contribution in [0.3, 0.4) is 0 Å². The van der Waals surface area contributed by atoms with Crippen LogP contribution in [-0.4, -0.2) is 13.0 Å². The van der Waals surface area contributed by atoms with Crippen LogP contribution in [0.2, 0.25) is 0 Å². The Kier molecular flexibility index (Phi) is 4.85. The van der Waals surface area contributed by atoms with E-state index in [0.717, 1.165) is 27.0 Å². The lowest BCUT2D eigenvalue weighted by atomic mass is 10.1. The van der Waals surface area contributed by atoms with Crippen LogP contribution in [0.5, 0.6) is 5.75 Å². The van der Waals surface area contributed by atoms with Crippen LogP contribution in [-0.2, 0) is 6.54 Å². The molecule has 0 bridgehead atoms. The molecule has 0 heterocycles. The third-order valence-electron chi connectivity index (χ3n) is 3.32. The molecule has 0 aliphatic rings. The quantitative estimate of drug-likeness (QED) is 0.869. The van der Waals surface area contributed by atoms with E-state index in [1.54, 1.807) is 13.2 Å². The van der Waals surface area contributed by atoms with Crippen molar-refractivity contribution in [1.82, 2.24) is 0 Å². The molecule has 2 aromatic carbocycles. The fourth-order valence-electron chi connectivity index (χ4n) is 2.10. The molecule has 2 aromatic rings. The summed E-state index contributed by atoms with van der Waals surface area (Å²) in [4.78, 5) is 11.4. The number of halogens is 1.